The summed E-state index contributed by atoms with van der Waals surface area (Å²) >= 11 is 0. The van der Waals surface area contributed by atoms with Crippen molar-refractivity contribution in [1.82, 2.24) is 4.98 Å². The van der Waals surface area contributed by atoms with Crippen LogP contribution in [-0.4, -0.2) is 29.3 Å². The normalized spacial score (nSPS) is 20.9. The number of aliphatic hydroxyl groups is 1. The van der Waals surface area contributed by atoms with Gasteiger partial charge in [0.1, 0.15) is 17.6 Å². The van der Waals surface area contributed by atoms with Crippen molar-refractivity contribution in [1.29, 1.82) is 5.26 Å². The molecule has 1 atom stereocenters. The molecule has 0 bridgehead atoms. The number of rotatable bonds is 1. The average Bonchev–Trinajstić information content (AvgIpc) is 2.65. The lowest BCUT2D eigenvalue weighted by Crippen LogP contribution is -2.22. The van der Waals surface area contributed by atoms with E-state index in [4.69, 9.17) is 5.26 Å². The molecule has 2 rings (SSSR count). The van der Waals surface area contributed by atoms with Crippen LogP contribution in [0.1, 0.15) is 12.1 Å². The quantitative estimate of drug-likeness (QED) is 0.699. The summed E-state index contributed by atoms with van der Waals surface area (Å²) in [6.07, 6.45) is 0.515. The summed E-state index contributed by atoms with van der Waals surface area (Å²) in [4.78, 5) is 6.15. The Kier molecular flexibility index (Phi) is 2.33. The molecule has 1 aliphatic rings. The minimum atomic E-state index is -0.262. The standard InChI is InChI=1S/C10H11N3O/c11-6-8-2-1-3-10(12-8)13-5-4-9(14)7-13/h1-3,9,14H,4-5,7H2. The van der Waals surface area contributed by atoms with Crippen LogP contribution >= 0.6 is 0 Å². The van der Waals surface area contributed by atoms with Gasteiger partial charge < -0.3 is 10.0 Å². The molecular formula is C10H11N3O. The van der Waals surface area contributed by atoms with E-state index in [0.717, 1.165) is 18.8 Å². The van der Waals surface area contributed by atoms with Crippen molar-refractivity contribution in [3.05, 3.63) is 23.9 Å². The first kappa shape index (κ1) is 8.97. The van der Waals surface area contributed by atoms with Gasteiger partial charge in [-0.15, -0.1) is 0 Å². The fraction of sp³-hybridized carbons (Fsp3) is 0.400. The molecule has 0 amide bonds. The van der Waals surface area contributed by atoms with Crippen LogP contribution in [0.2, 0.25) is 0 Å². The number of nitriles is 1. The Morgan fingerprint density at radius 1 is 1.57 bits per heavy atom. The van der Waals surface area contributed by atoms with Crippen molar-refractivity contribution < 1.29 is 5.11 Å². The molecule has 1 fully saturated rings. The van der Waals surface area contributed by atoms with E-state index < -0.39 is 0 Å². The molecule has 0 saturated carbocycles. The maximum Gasteiger partial charge on any atom is 0.142 e. The maximum absolute atomic E-state index is 9.35. The highest BCUT2D eigenvalue weighted by molar-refractivity contribution is 5.42. The van der Waals surface area contributed by atoms with Crippen molar-refractivity contribution in [3.63, 3.8) is 0 Å². The second kappa shape index (κ2) is 3.64. The van der Waals surface area contributed by atoms with Crippen molar-refractivity contribution in [2.75, 3.05) is 18.0 Å². The van der Waals surface area contributed by atoms with E-state index in [1.54, 1.807) is 6.07 Å². The lowest BCUT2D eigenvalue weighted by atomic mass is 10.3. The Bertz CT molecular complexity index is 372. The van der Waals surface area contributed by atoms with E-state index in [1.807, 2.05) is 23.1 Å². The molecule has 1 aromatic rings. The molecule has 1 N–H and O–H groups in total. The molecule has 1 unspecified atom stereocenters. The summed E-state index contributed by atoms with van der Waals surface area (Å²) in [5.74, 6) is 0.778. The molecule has 2 heterocycles. The van der Waals surface area contributed by atoms with E-state index >= 15 is 0 Å². The number of aliphatic hydroxyl groups excluding tert-OH is 1. The molecule has 1 aliphatic heterocycles. The molecule has 1 saturated heterocycles. The second-order valence-electron chi connectivity index (χ2n) is 3.38. The summed E-state index contributed by atoms with van der Waals surface area (Å²) in [7, 11) is 0. The minimum absolute atomic E-state index is 0.262. The molecule has 4 heteroatoms. The predicted molar refractivity (Wildman–Crippen MR) is 51.8 cm³/mol. The molecule has 1 aromatic heterocycles. The summed E-state index contributed by atoms with van der Waals surface area (Å²) in [6.45, 7) is 1.42. The average molecular weight is 189 g/mol. The van der Waals surface area contributed by atoms with E-state index in [2.05, 4.69) is 4.98 Å². The van der Waals surface area contributed by atoms with Gasteiger partial charge in [-0.05, 0) is 18.6 Å². The Hall–Kier alpha value is -1.60. The van der Waals surface area contributed by atoms with Crippen LogP contribution in [-0.2, 0) is 0 Å². The third-order valence-corrected chi connectivity index (χ3v) is 2.34. The molecule has 4 nitrogen and oxygen atoms in total. The van der Waals surface area contributed by atoms with Crippen LogP contribution in [0.3, 0.4) is 0 Å². The van der Waals surface area contributed by atoms with Gasteiger partial charge in [-0.3, -0.25) is 0 Å². The van der Waals surface area contributed by atoms with Crippen molar-refractivity contribution in [2.45, 2.75) is 12.5 Å². The van der Waals surface area contributed by atoms with Gasteiger partial charge in [0, 0.05) is 13.1 Å². The third-order valence-electron chi connectivity index (χ3n) is 2.34. The predicted octanol–water partition coefficient (Wildman–Crippen LogP) is 0.524. The van der Waals surface area contributed by atoms with Gasteiger partial charge in [-0.2, -0.15) is 5.26 Å². The zero-order chi connectivity index (χ0) is 9.97. The van der Waals surface area contributed by atoms with Crippen LogP contribution in [0.15, 0.2) is 18.2 Å². The highest BCUT2D eigenvalue weighted by Gasteiger charge is 2.21. The van der Waals surface area contributed by atoms with Gasteiger partial charge >= 0.3 is 0 Å². The van der Waals surface area contributed by atoms with E-state index in [9.17, 15) is 5.11 Å². The highest BCUT2D eigenvalue weighted by Crippen LogP contribution is 2.17. The first-order valence-corrected chi connectivity index (χ1v) is 4.60. The number of aromatic nitrogens is 1. The van der Waals surface area contributed by atoms with E-state index in [-0.39, 0.29) is 6.10 Å². The number of anilines is 1. The summed E-state index contributed by atoms with van der Waals surface area (Å²) in [6, 6.07) is 7.35. The highest BCUT2D eigenvalue weighted by atomic mass is 16.3. The number of nitrogens with zero attached hydrogens (tertiary/aromatic N) is 3. The summed E-state index contributed by atoms with van der Waals surface area (Å²) in [5, 5.41) is 18.0. The monoisotopic (exact) mass is 189 g/mol. The molecule has 0 radical (unpaired) electrons. The van der Waals surface area contributed by atoms with Gasteiger partial charge in [-0.25, -0.2) is 4.98 Å². The second-order valence-corrected chi connectivity index (χ2v) is 3.38. The Balaban J connectivity index is 2.20. The van der Waals surface area contributed by atoms with E-state index in [1.165, 1.54) is 0 Å². The van der Waals surface area contributed by atoms with Crippen LogP contribution < -0.4 is 4.90 Å². The Morgan fingerprint density at radius 2 is 2.43 bits per heavy atom. The van der Waals surface area contributed by atoms with Crippen molar-refractivity contribution in [3.8, 4) is 6.07 Å². The maximum atomic E-state index is 9.35. The zero-order valence-electron chi connectivity index (χ0n) is 7.72. The van der Waals surface area contributed by atoms with Crippen molar-refractivity contribution in [2.24, 2.45) is 0 Å². The van der Waals surface area contributed by atoms with Gasteiger partial charge in [-0.1, -0.05) is 6.07 Å². The van der Waals surface area contributed by atoms with Crippen molar-refractivity contribution >= 4 is 5.82 Å². The molecule has 14 heavy (non-hydrogen) atoms. The zero-order valence-corrected chi connectivity index (χ0v) is 7.72. The molecule has 0 spiro atoms. The van der Waals surface area contributed by atoms with E-state index in [0.29, 0.717) is 12.2 Å². The van der Waals surface area contributed by atoms with Gasteiger partial charge in [0.15, 0.2) is 0 Å². The molecule has 72 valence electrons. The van der Waals surface area contributed by atoms with Gasteiger partial charge in [0.2, 0.25) is 0 Å². The van der Waals surface area contributed by atoms with Crippen LogP contribution in [0.5, 0.6) is 0 Å². The SMILES string of the molecule is N#Cc1cccc(N2CCC(O)C2)n1. The summed E-state index contributed by atoms with van der Waals surface area (Å²) in [5.41, 5.74) is 0.420. The Morgan fingerprint density at radius 3 is 3.07 bits per heavy atom. The van der Waals surface area contributed by atoms with Gasteiger partial charge in [0.25, 0.3) is 0 Å². The number of pyridine rings is 1. The number of hydrogen-bond donors (Lipinski definition) is 1. The smallest absolute Gasteiger partial charge is 0.142 e. The van der Waals surface area contributed by atoms with Crippen LogP contribution in [0.25, 0.3) is 0 Å². The molecule has 0 aromatic carbocycles. The first-order valence-electron chi connectivity index (χ1n) is 4.60. The summed E-state index contributed by atoms with van der Waals surface area (Å²) < 4.78 is 0. The fourth-order valence-electron chi connectivity index (χ4n) is 1.61. The lowest BCUT2D eigenvalue weighted by Gasteiger charge is -2.15. The minimum Gasteiger partial charge on any atom is -0.391 e. The lowest BCUT2D eigenvalue weighted by molar-refractivity contribution is 0.198. The topological polar surface area (TPSA) is 60.2 Å². The van der Waals surface area contributed by atoms with Crippen LogP contribution in [0, 0.1) is 11.3 Å². The fourth-order valence-corrected chi connectivity index (χ4v) is 1.61. The first-order chi connectivity index (χ1) is 6.79. The number of hydrogen-bond acceptors (Lipinski definition) is 4. The number of β-amino-alcohol motifs (C(OH)–C–C–N with tert-alkyl or cyclic N) is 1. The van der Waals surface area contributed by atoms with Crippen LogP contribution in [0.4, 0.5) is 5.82 Å². The Labute approximate surface area is 82.4 Å². The molecule has 0 aliphatic carbocycles. The largest absolute Gasteiger partial charge is 0.391 e. The van der Waals surface area contributed by atoms with Gasteiger partial charge in [0.05, 0.1) is 6.10 Å². The molecular weight excluding hydrogens is 178 g/mol. The third kappa shape index (κ3) is 1.68.